The molecule has 2 rings (SSSR count). The highest BCUT2D eigenvalue weighted by Crippen LogP contribution is 2.24. The molecule has 0 aromatic heterocycles. The Labute approximate surface area is 153 Å². The molecule has 0 aliphatic carbocycles. The predicted octanol–water partition coefficient (Wildman–Crippen LogP) is 3.16. The van der Waals surface area contributed by atoms with E-state index in [9.17, 15) is 0 Å². The molecule has 0 amide bonds. The van der Waals surface area contributed by atoms with Crippen molar-refractivity contribution < 1.29 is 9.47 Å². The van der Waals surface area contributed by atoms with Crippen LogP contribution in [0, 0.1) is 0 Å². The van der Waals surface area contributed by atoms with Gasteiger partial charge in [0.2, 0.25) is 0 Å². The molecule has 0 bridgehead atoms. The van der Waals surface area contributed by atoms with Crippen molar-refractivity contribution in [3.63, 3.8) is 0 Å². The van der Waals surface area contributed by atoms with Crippen molar-refractivity contribution in [2.24, 2.45) is 4.99 Å². The van der Waals surface area contributed by atoms with E-state index in [4.69, 9.17) is 9.47 Å². The third-order valence-electron chi connectivity index (χ3n) is 3.57. The third-order valence-corrected chi connectivity index (χ3v) is 4.58. The first-order valence-corrected chi connectivity index (χ1v) is 9.08. The normalized spacial score (nSPS) is 11.1. The number of aliphatic imine (C=N–C) groups is 1. The van der Waals surface area contributed by atoms with Crippen LogP contribution < -0.4 is 20.1 Å². The SMILES string of the molecule is CN=C(NCCSc1ccccc1)NCc1ccc(OC)cc1OC. The van der Waals surface area contributed by atoms with Crippen LogP contribution in [0.15, 0.2) is 58.4 Å². The number of rotatable bonds is 8. The van der Waals surface area contributed by atoms with E-state index in [1.54, 1.807) is 21.3 Å². The van der Waals surface area contributed by atoms with Crippen LogP contribution in [0.25, 0.3) is 0 Å². The molecule has 0 heterocycles. The minimum absolute atomic E-state index is 0.624. The van der Waals surface area contributed by atoms with Crippen molar-refractivity contribution in [1.82, 2.24) is 10.6 Å². The maximum absolute atomic E-state index is 5.42. The Morgan fingerprint density at radius 1 is 1.04 bits per heavy atom. The van der Waals surface area contributed by atoms with Crippen molar-refractivity contribution >= 4 is 17.7 Å². The lowest BCUT2D eigenvalue weighted by molar-refractivity contribution is 0.390. The molecule has 2 N–H and O–H groups in total. The Morgan fingerprint density at radius 3 is 2.52 bits per heavy atom. The minimum atomic E-state index is 0.624. The zero-order chi connectivity index (χ0) is 17.9. The summed E-state index contributed by atoms with van der Waals surface area (Å²) in [5.74, 6) is 3.31. The van der Waals surface area contributed by atoms with Crippen LogP contribution in [0.1, 0.15) is 5.56 Å². The minimum Gasteiger partial charge on any atom is -0.497 e. The molecule has 0 unspecified atom stereocenters. The first kappa shape index (κ1) is 19.0. The second-order valence-electron chi connectivity index (χ2n) is 5.19. The van der Waals surface area contributed by atoms with E-state index in [1.165, 1.54) is 4.90 Å². The van der Waals surface area contributed by atoms with Crippen LogP contribution in [0.3, 0.4) is 0 Å². The Hall–Kier alpha value is -2.34. The fraction of sp³-hybridized carbons (Fsp3) is 0.316. The van der Waals surface area contributed by atoms with E-state index in [-0.39, 0.29) is 0 Å². The maximum atomic E-state index is 5.42. The monoisotopic (exact) mass is 359 g/mol. The van der Waals surface area contributed by atoms with Crippen molar-refractivity contribution in [3.8, 4) is 11.5 Å². The first-order valence-electron chi connectivity index (χ1n) is 8.10. The summed E-state index contributed by atoms with van der Waals surface area (Å²) in [7, 11) is 5.07. The summed E-state index contributed by atoms with van der Waals surface area (Å²) in [4.78, 5) is 5.53. The second kappa shape index (κ2) is 10.5. The van der Waals surface area contributed by atoms with Crippen LogP contribution in [-0.2, 0) is 6.54 Å². The molecule has 0 fully saturated rings. The number of thioether (sulfide) groups is 1. The molecule has 0 spiro atoms. The Balaban J connectivity index is 1.78. The van der Waals surface area contributed by atoms with Gasteiger partial charge in [0.05, 0.1) is 14.2 Å². The van der Waals surface area contributed by atoms with Gasteiger partial charge >= 0.3 is 0 Å². The number of ether oxygens (including phenoxy) is 2. The van der Waals surface area contributed by atoms with Crippen LogP contribution in [-0.4, -0.2) is 39.5 Å². The molecule has 25 heavy (non-hydrogen) atoms. The molecule has 0 saturated heterocycles. The summed E-state index contributed by atoms with van der Waals surface area (Å²) in [6, 6.07) is 16.2. The fourth-order valence-electron chi connectivity index (χ4n) is 2.25. The highest BCUT2D eigenvalue weighted by molar-refractivity contribution is 7.99. The largest absolute Gasteiger partial charge is 0.497 e. The highest BCUT2D eigenvalue weighted by Gasteiger charge is 2.06. The lowest BCUT2D eigenvalue weighted by Crippen LogP contribution is -2.38. The van der Waals surface area contributed by atoms with Gasteiger partial charge in [-0.3, -0.25) is 4.99 Å². The van der Waals surface area contributed by atoms with Gasteiger partial charge in [-0.1, -0.05) is 18.2 Å². The van der Waals surface area contributed by atoms with E-state index in [0.717, 1.165) is 35.3 Å². The molecule has 2 aromatic carbocycles. The average Bonchev–Trinajstić information content (AvgIpc) is 2.68. The molecule has 134 valence electrons. The standard InChI is InChI=1S/C19H25N3O2S/c1-20-19(21-11-12-25-17-7-5-4-6-8-17)22-14-15-9-10-16(23-2)13-18(15)24-3/h4-10,13H,11-12,14H2,1-3H3,(H2,20,21,22). The van der Waals surface area contributed by atoms with Crippen molar-refractivity contribution in [2.75, 3.05) is 33.6 Å². The summed E-state index contributed by atoms with van der Waals surface area (Å²) in [5.41, 5.74) is 1.05. The number of hydrogen-bond donors (Lipinski definition) is 2. The molecule has 0 saturated carbocycles. The summed E-state index contributed by atoms with van der Waals surface area (Å²) in [6.45, 7) is 1.46. The van der Waals surface area contributed by atoms with Gasteiger partial charge in [-0.15, -0.1) is 11.8 Å². The predicted molar refractivity (Wildman–Crippen MR) is 105 cm³/mol. The van der Waals surface area contributed by atoms with E-state index < -0.39 is 0 Å². The lowest BCUT2D eigenvalue weighted by Gasteiger charge is -2.14. The Morgan fingerprint density at radius 2 is 1.84 bits per heavy atom. The summed E-state index contributed by atoms with van der Waals surface area (Å²) in [5, 5.41) is 6.63. The van der Waals surface area contributed by atoms with Gasteiger partial charge in [-0.2, -0.15) is 0 Å². The molecular formula is C19H25N3O2S. The number of nitrogens with zero attached hydrogens (tertiary/aromatic N) is 1. The smallest absolute Gasteiger partial charge is 0.191 e. The maximum Gasteiger partial charge on any atom is 0.191 e. The zero-order valence-corrected chi connectivity index (χ0v) is 15.7. The lowest BCUT2D eigenvalue weighted by atomic mass is 10.2. The van der Waals surface area contributed by atoms with E-state index in [1.807, 2.05) is 36.0 Å². The van der Waals surface area contributed by atoms with E-state index in [0.29, 0.717) is 6.54 Å². The van der Waals surface area contributed by atoms with E-state index in [2.05, 4.69) is 39.9 Å². The van der Waals surface area contributed by atoms with Gasteiger partial charge in [0, 0.05) is 42.4 Å². The van der Waals surface area contributed by atoms with Crippen LogP contribution in [0.2, 0.25) is 0 Å². The highest BCUT2D eigenvalue weighted by atomic mass is 32.2. The molecule has 0 radical (unpaired) electrons. The molecule has 6 heteroatoms. The zero-order valence-electron chi connectivity index (χ0n) is 14.9. The number of benzene rings is 2. The topological polar surface area (TPSA) is 54.9 Å². The van der Waals surface area contributed by atoms with Gasteiger partial charge in [0.1, 0.15) is 11.5 Å². The molecule has 0 atom stereocenters. The van der Waals surface area contributed by atoms with Crippen molar-refractivity contribution in [1.29, 1.82) is 0 Å². The summed E-state index contributed by atoms with van der Waals surface area (Å²) >= 11 is 1.82. The Bertz CT molecular complexity index is 678. The van der Waals surface area contributed by atoms with E-state index >= 15 is 0 Å². The van der Waals surface area contributed by atoms with Crippen molar-refractivity contribution in [2.45, 2.75) is 11.4 Å². The van der Waals surface area contributed by atoms with Crippen LogP contribution in [0.5, 0.6) is 11.5 Å². The van der Waals surface area contributed by atoms with Gasteiger partial charge in [-0.25, -0.2) is 0 Å². The third kappa shape index (κ3) is 6.23. The van der Waals surface area contributed by atoms with Crippen molar-refractivity contribution in [3.05, 3.63) is 54.1 Å². The molecule has 0 aliphatic rings. The number of methoxy groups -OCH3 is 2. The number of hydrogen-bond acceptors (Lipinski definition) is 4. The molecule has 0 aliphatic heterocycles. The quantitative estimate of drug-likeness (QED) is 0.328. The first-order chi connectivity index (χ1) is 12.3. The van der Waals surface area contributed by atoms with Gasteiger partial charge < -0.3 is 20.1 Å². The van der Waals surface area contributed by atoms with Crippen LogP contribution >= 0.6 is 11.8 Å². The molecule has 2 aromatic rings. The Kier molecular flexibility index (Phi) is 7.98. The number of guanidine groups is 1. The fourth-order valence-corrected chi connectivity index (χ4v) is 3.04. The van der Waals surface area contributed by atoms with Gasteiger partial charge in [0.15, 0.2) is 5.96 Å². The summed E-state index contributed by atoms with van der Waals surface area (Å²) in [6.07, 6.45) is 0. The summed E-state index contributed by atoms with van der Waals surface area (Å²) < 4.78 is 10.6. The van der Waals surface area contributed by atoms with Crippen LogP contribution in [0.4, 0.5) is 0 Å². The second-order valence-corrected chi connectivity index (χ2v) is 6.36. The van der Waals surface area contributed by atoms with Gasteiger partial charge in [0.25, 0.3) is 0 Å². The molecule has 5 nitrogen and oxygen atoms in total. The number of nitrogens with one attached hydrogen (secondary N) is 2. The average molecular weight is 359 g/mol. The van der Waals surface area contributed by atoms with Gasteiger partial charge in [-0.05, 0) is 24.3 Å². The molecular weight excluding hydrogens is 334 g/mol.